The van der Waals surface area contributed by atoms with Gasteiger partial charge in [0.2, 0.25) is 0 Å². The van der Waals surface area contributed by atoms with Crippen molar-refractivity contribution in [2.75, 3.05) is 0 Å². The molecule has 0 saturated carbocycles. The number of halogens is 2. The summed E-state index contributed by atoms with van der Waals surface area (Å²) in [6.07, 6.45) is 2.45. The maximum Gasteiger partial charge on any atom is -1.00 e. The molecule has 1 aromatic carbocycles. The summed E-state index contributed by atoms with van der Waals surface area (Å²) in [6.45, 7) is 16.1. The monoisotopic (exact) mass is 448 g/mol. The largest absolute Gasteiger partial charge is 1.00 e. The van der Waals surface area contributed by atoms with Gasteiger partial charge in [0.1, 0.15) is 0 Å². The van der Waals surface area contributed by atoms with Gasteiger partial charge in [-0.1, -0.05) is 0 Å². The first-order valence-corrected chi connectivity index (χ1v) is 13.3. The van der Waals surface area contributed by atoms with E-state index in [1.807, 2.05) is 0 Å². The van der Waals surface area contributed by atoms with E-state index in [0.29, 0.717) is 15.5 Å². The Balaban J connectivity index is 0.00000242. The fourth-order valence-corrected chi connectivity index (χ4v) is 8.16. The quantitative estimate of drug-likeness (QED) is 0.545. The molecule has 23 heavy (non-hydrogen) atoms. The fraction of sp³-hybridized carbons (Fsp3) is 0.556. The molecule has 0 radical (unpaired) electrons. The van der Waals surface area contributed by atoms with Gasteiger partial charge in [-0.15, -0.1) is 0 Å². The van der Waals surface area contributed by atoms with Crippen LogP contribution >= 0.6 is 0 Å². The van der Waals surface area contributed by atoms with E-state index in [9.17, 15) is 0 Å². The zero-order chi connectivity index (χ0) is 15.7. The maximum atomic E-state index is 6.20. The van der Waals surface area contributed by atoms with E-state index in [4.69, 9.17) is 2.50 Å². The molecule has 0 fully saturated rings. The zero-order valence-corrected chi connectivity index (χ0v) is 20.3. The van der Waals surface area contributed by atoms with Crippen LogP contribution in [0.3, 0.4) is 0 Å². The Bertz CT molecular complexity index is 556. The average molecular weight is 451 g/mol. The van der Waals surface area contributed by atoms with Crippen molar-refractivity contribution in [3.63, 3.8) is 0 Å². The summed E-state index contributed by atoms with van der Waals surface area (Å²) in [5.74, 6) is 1.19. The third-order valence-electron chi connectivity index (χ3n) is 4.11. The third-order valence-corrected chi connectivity index (χ3v) is 11.7. The molecule has 1 aliphatic carbocycles. The molecule has 0 N–H and O–H groups in total. The number of allylic oxidation sites excluding steroid dienone is 1. The van der Waals surface area contributed by atoms with Gasteiger partial charge in [-0.3, -0.25) is 0 Å². The van der Waals surface area contributed by atoms with Gasteiger partial charge in [0.05, 0.1) is 0 Å². The molecule has 0 spiro atoms. The second-order valence-corrected chi connectivity index (χ2v) is 13.1. The Morgan fingerprint density at radius 2 is 1.65 bits per heavy atom. The molecule has 0 saturated heterocycles. The summed E-state index contributed by atoms with van der Waals surface area (Å²) in [6, 6.07) is 4.77. The van der Waals surface area contributed by atoms with Crippen molar-refractivity contribution in [1.29, 1.82) is 0 Å². The second kappa shape index (κ2) is 9.92. The van der Waals surface area contributed by atoms with Crippen molar-refractivity contribution in [1.82, 2.24) is 0 Å². The molecule has 0 aromatic heterocycles. The first-order chi connectivity index (χ1) is 9.82. The van der Waals surface area contributed by atoms with E-state index >= 15 is 0 Å². The molecule has 2 rings (SSSR count). The van der Waals surface area contributed by atoms with Gasteiger partial charge >= 0.3 is 144 Å². The van der Waals surface area contributed by atoms with Gasteiger partial charge in [0, 0.05) is 0 Å². The standard InChI is InChI=1S/C16H21.C2H7OSi.2ClH.Zr/c1-10(2)14-7-6-13-8-12(5)9-15(13)16(14)11(3)4;1-4(2)3;;;/h6-11H,1-5H3;4H,1-2H3;2*1H;/q;-1;;;+3/p-2. The van der Waals surface area contributed by atoms with Crippen LogP contribution in [0.5, 0.6) is 0 Å². The van der Waals surface area contributed by atoms with Crippen LogP contribution in [-0.4, -0.2) is 9.04 Å². The van der Waals surface area contributed by atoms with Crippen LogP contribution in [0.15, 0.2) is 17.7 Å². The minimum absolute atomic E-state index is 0. The molecule has 128 valence electrons. The van der Waals surface area contributed by atoms with Crippen LogP contribution in [0.25, 0.3) is 6.08 Å². The molecular formula is C18H28Cl2OSiZr. The summed E-state index contributed by atoms with van der Waals surface area (Å²) < 4.78 is 6.84. The van der Waals surface area contributed by atoms with Crippen LogP contribution in [0.1, 0.15) is 72.3 Å². The van der Waals surface area contributed by atoms with Crippen LogP contribution in [0.4, 0.5) is 0 Å². The fourth-order valence-electron chi connectivity index (χ4n) is 3.15. The van der Waals surface area contributed by atoms with Crippen molar-refractivity contribution >= 4 is 15.1 Å². The van der Waals surface area contributed by atoms with E-state index in [-0.39, 0.29) is 24.8 Å². The molecular weight excluding hydrogens is 422 g/mol. The number of hydrogen-bond donors (Lipinski definition) is 0. The van der Waals surface area contributed by atoms with Gasteiger partial charge in [-0.2, -0.15) is 0 Å². The number of benzene rings is 1. The zero-order valence-electron chi connectivity index (χ0n) is 15.2. The number of rotatable bonds is 5. The van der Waals surface area contributed by atoms with Crippen LogP contribution in [0.2, 0.25) is 13.1 Å². The number of hydrogen-bond acceptors (Lipinski definition) is 1. The number of fused-ring (bicyclic) bond motifs is 1. The van der Waals surface area contributed by atoms with Crippen molar-refractivity contribution in [2.45, 2.75) is 63.2 Å². The van der Waals surface area contributed by atoms with Crippen molar-refractivity contribution in [3.05, 3.63) is 40.0 Å². The Morgan fingerprint density at radius 3 is 2.13 bits per heavy atom. The molecule has 0 heterocycles. The van der Waals surface area contributed by atoms with E-state index in [1.165, 1.54) is 16.7 Å². The Kier molecular flexibility index (Phi) is 10.2. The van der Waals surface area contributed by atoms with Gasteiger partial charge in [-0.25, -0.2) is 0 Å². The summed E-state index contributed by atoms with van der Waals surface area (Å²) in [5, 5.41) is 0. The normalized spacial score (nSPS) is 15.9. The SMILES string of the molecule is CC1=Cc2c(ccc(C(C)C)c2C(C)C)[CH]1[Zr+2][O][SiH](C)C.[Cl-].[Cl-]. The van der Waals surface area contributed by atoms with Gasteiger partial charge < -0.3 is 24.8 Å². The van der Waals surface area contributed by atoms with E-state index in [2.05, 4.69) is 65.9 Å². The molecule has 1 atom stereocenters. The van der Waals surface area contributed by atoms with Crippen molar-refractivity contribution in [2.24, 2.45) is 0 Å². The van der Waals surface area contributed by atoms with E-state index in [1.54, 1.807) is 11.1 Å². The summed E-state index contributed by atoms with van der Waals surface area (Å²) in [5.41, 5.74) is 7.72. The average Bonchev–Trinajstić information content (AvgIpc) is 2.70. The van der Waals surface area contributed by atoms with Gasteiger partial charge in [0.15, 0.2) is 0 Å². The first kappa shape index (κ1) is 23.6. The van der Waals surface area contributed by atoms with E-state index < -0.39 is 32.7 Å². The maximum absolute atomic E-state index is 6.20. The Morgan fingerprint density at radius 1 is 1.04 bits per heavy atom. The minimum atomic E-state index is -0.878. The summed E-state index contributed by atoms with van der Waals surface area (Å²) in [7, 11) is -0.878. The summed E-state index contributed by atoms with van der Waals surface area (Å²) >= 11 is -0.798. The van der Waals surface area contributed by atoms with Crippen molar-refractivity contribution < 1.29 is 51.0 Å². The third kappa shape index (κ3) is 5.28. The van der Waals surface area contributed by atoms with Gasteiger partial charge in [-0.05, 0) is 0 Å². The van der Waals surface area contributed by atoms with Crippen molar-refractivity contribution in [3.8, 4) is 0 Å². The first-order valence-electron chi connectivity index (χ1n) is 8.09. The smallest absolute Gasteiger partial charge is 1.00 e. The molecule has 0 aliphatic heterocycles. The molecule has 1 unspecified atom stereocenters. The molecule has 5 heteroatoms. The molecule has 0 bridgehead atoms. The minimum Gasteiger partial charge on any atom is -1.00 e. The Hall–Kier alpha value is 0.600. The van der Waals surface area contributed by atoms with Gasteiger partial charge in [0.25, 0.3) is 0 Å². The predicted molar refractivity (Wildman–Crippen MR) is 91.0 cm³/mol. The van der Waals surface area contributed by atoms with Crippen LogP contribution < -0.4 is 24.8 Å². The summed E-state index contributed by atoms with van der Waals surface area (Å²) in [4.78, 5) is 0. The predicted octanol–water partition coefficient (Wildman–Crippen LogP) is -0.603. The van der Waals surface area contributed by atoms with Crippen LogP contribution in [-0.2, 0) is 26.2 Å². The topological polar surface area (TPSA) is 9.23 Å². The molecule has 1 aromatic rings. The molecule has 0 amide bonds. The van der Waals surface area contributed by atoms with Crippen LogP contribution in [0, 0.1) is 0 Å². The Labute approximate surface area is 168 Å². The van der Waals surface area contributed by atoms with E-state index in [0.717, 1.165) is 0 Å². The molecule has 1 nitrogen and oxygen atoms in total. The second-order valence-electron chi connectivity index (χ2n) is 6.99. The molecule has 1 aliphatic rings.